The second kappa shape index (κ2) is 6.25. The summed E-state index contributed by atoms with van der Waals surface area (Å²) in [5, 5.41) is 3.68. The first kappa shape index (κ1) is 12.7. The van der Waals surface area contributed by atoms with E-state index in [-0.39, 0.29) is 0 Å². The molecule has 1 aromatic heterocycles. The molecular weight excluding hydrogens is 210 g/mol. The van der Waals surface area contributed by atoms with Gasteiger partial charge in [0.15, 0.2) is 0 Å². The Morgan fingerprint density at radius 3 is 3.00 bits per heavy atom. The van der Waals surface area contributed by atoms with E-state index in [1.807, 2.05) is 6.07 Å². The molecule has 0 spiro atoms. The monoisotopic (exact) mass is 235 g/mol. The Labute approximate surface area is 105 Å². The molecule has 2 nitrogen and oxygen atoms in total. The van der Waals surface area contributed by atoms with Gasteiger partial charge in [0, 0.05) is 12.5 Å². The molecule has 0 amide bonds. The third-order valence-electron chi connectivity index (χ3n) is 4.17. The summed E-state index contributed by atoms with van der Waals surface area (Å²) >= 11 is 0. The molecule has 1 aliphatic carbocycles. The Bertz CT molecular complexity index is 307. The minimum Gasteiger partial charge on any atom is -0.469 e. The molecule has 1 saturated carbocycles. The quantitative estimate of drug-likeness (QED) is 0.814. The minimum absolute atomic E-state index is 0.591. The van der Waals surface area contributed by atoms with Crippen LogP contribution in [0.1, 0.15) is 45.3 Å². The maximum absolute atomic E-state index is 5.35. The van der Waals surface area contributed by atoms with Crippen molar-refractivity contribution in [3.05, 3.63) is 24.2 Å². The summed E-state index contributed by atoms with van der Waals surface area (Å²) in [5.74, 6) is 2.92. The normalized spacial score (nSPS) is 26.2. The van der Waals surface area contributed by atoms with Gasteiger partial charge in [0.2, 0.25) is 0 Å². The maximum atomic E-state index is 5.35. The predicted molar refractivity (Wildman–Crippen MR) is 71.0 cm³/mol. The third-order valence-corrected chi connectivity index (χ3v) is 4.17. The van der Waals surface area contributed by atoms with Gasteiger partial charge in [0.25, 0.3) is 0 Å². The van der Waals surface area contributed by atoms with Gasteiger partial charge >= 0.3 is 0 Å². The minimum atomic E-state index is 0.591. The molecule has 2 heteroatoms. The van der Waals surface area contributed by atoms with Crippen molar-refractivity contribution in [1.82, 2.24) is 5.32 Å². The molecule has 2 rings (SSSR count). The summed E-state index contributed by atoms with van der Waals surface area (Å²) in [4.78, 5) is 0. The zero-order chi connectivity index (χ0) is 12.1. The lowest BCUT2D eigenvalue weighted by molar-refractivity contribution is 0.363. The van der Waals surface area contributed by atoms with E-state index in [2.05, 4.69) is 25.2 Å². The smallest absolute Gasteiger partial charge is 0.103 e. The van der Waals surface area contributed by atoms with Crippen molar-refractivity contribution < 1.29 is 4.42 Å². The second-order valence-corrected chi connectivity index (χ2v) is 5.60. The van der Waals surface area contributed by atoms with Gasteiger partial charge in [-0.15, -0.1) is 0 Å². The van der Waals surface area contributed by atoms with Crippen LogP contribution in [0.3, 0.4) is 0 Å². The Morgan fingerprint density at radius 1 is 1.47 bits per heavy atom. The lowest BCUT2D eigenvalue weighted by atomic mass is 9.98. The van der Waals surface area contributed by atoms with Gasteiger partial charge in [0.1, 0.15) is 5.76 Å². The first-order valence-electron chi connectivity index (χ1n) is 7.01. The van der Waals surface area contributed by atoms with E-state index < -0.39 is 0 Å². The lowest BCUT2D eigenvalue weighted by Crippen LogP contribution is -2.32. The number of furan rings is 1. The molecule has 3 unspecified atom stereocenters. The number of rotatable bonds is 6. The Balaban J connectivity index is 1.62. The largest absolute Gasteiger partial charge is 0.469 e. The van der Waals surface area contributed by atoms with Crippen LogP contribution in [0.4, 0.5) is 0 Å². The molecule has 1 heterocycles. The highest BCUT2D eigenvalue weighted by atomic mass is 16.3. The van der Waals surface area contributed by atoms with E-state index in [9.17, 15) is 0 Å². The van der Waals surface area contributed by atoms with Crippen molar-refractivity contribution >= 4 is 0 Å². The molecule has 0 saturated heterocycles. The highest BCUT2D eigenvalue weighted by Gasteiger charge is 2.23. The molecule has 3 atom stereocenters. The average Bonchev–Trinajstić information content (AvgIpc) is 2.95. The zero-order valence-electron chi connectivity index (χ0n) is 11.1. The van der Waals surface area contributed by atoms with Crippen LogP contribution in [0.25, 0.3) is 0 Å². The van der Waals surface area contributed by atoms with Crippen LogP contribution in [0.15, 0.2) is 22.8 Å². The molecule has 17 heavy (non-hydrogen) atoms. The van der Waals surface area contributed by atoms with E-state index >= 15 is 0 Å². The van der Waals surface area contributed by atoms with E-state index in [0.717, 1.165) is 30.4 Å². The number of aryl methyl sites for hydroxylation is 1. The van der Waals surface area contributed by atoms with Gasteiger partial charge in [-0.1, -0.05) is 19.8 Å². The molecule has 96 valence electrons. The van der Waals surface area contributed by atoms with E-state index in [1.54, 1.807) is 6.26 Å². The molecule has 1 aromatic rings. The summed E-state index contributed by atoms with van der Waals surface area (Å²) < 4.78 is 5.35. The lowest BCUT2D eigenvalue weighted by Gasteiger charge is -2.19. The van der Waals surface area contributed by atoms with Gasteiger partial charge < -0.3 is 9.73 Å². The predicted octanol–water partition coefficient (Wildman–Crippen LogP) is 3.63. The zero-order valence-corrected chi connectivity index (χ0v) is 11.1. The molecule has 0 aromatic carbocycles. The fourth-order valence-electron chi connectivity index (χ4n) is 2.79. The van der Waals surface area contributed by atoms with Crippen molar-refractivity contribution in [2.45, 2.75) is 52.0 Å². The van der Waals surface area contributed by atoms with Crippen LogP contribution < -0.4 is 5.32 Å². The summed E-state index contributed by atoms with van der Waals surface area (Å²) in [5.41, 5.74) is 0. The van der Waals surface area contributed by atoms with E-state index in [0.29, 0.717) is 6.04 Å². The standard InChI is InChI=1S/C15H25NO/c1-12-5-3-6-14(12)11-16-13(2)8-9-15-7-4-10-17-15/h4,7,10,12-14,16H,3,5-6,8-9,11H2,1-2H3. The Morgan fingerprint density at radius 2 is 2.35 bits per heavy atom. The second-order valence-electron chi connectivity index (χ2n) is 5.60. The van der Waals surface area contributed by atoms with Crippen LogP contribution in [0.2, 0.25) is 0 Å². The molecule has 1 aliphatic rings. The molecule has 0 radical (unpaired) electrons. The SMILES string of the molecule is CC(CCc1ccco1)NCC1CCCC1C. The van der Waals surface area contributed by atoms with Crippen molar-refractivity contribution in [2.75, 3.05) is 6.54 Å². The molecule has 0 bridgehead atoms. The van der Waals surface area contributed by atoms with E-state index in [4.69, 9.17) is 4.42 Å². The first-order valence-corrected chi connectivity index (χ1v) is 7.01. The van der Waals surface area contributed by atoms with E-state index in [1.165, 1.54) is 25.8 Å². The third kappa shape index (κ3) is 3.88. The van der Waals surface area contributed by atoms with Gasteiger partial charge in [-0.25, -0.2) is 0 Å². The number of hydrogen-bond acceptors (Lipinski definition) is 2. The molecule has 1 fully saturated rings. The number of nitrogens with one attached hydrogen (secondary N) is 1. The highest BCUT2D eigenvalue weighted by Crippen LogP contribution is 2.30. The first-order chi connectivity index (χ1) is 8.25. The summed E-state index contributed by atoms with van der Waals surface area (Å²) in [7, 11) is 0. The van der Waals surface area contributed by atoms with Crippen LogP contribution in [-0.2, 0) is 6.42 Å². The highest BCUT2D eigenvalue weighted by molar-refractivity contribution is 4.98. The topological polar surface area (TPSA) is 25.2 Å². The molecule has 1 N–H and O–H groups in total. The van der Waals surface area contributed by atoms with Crippen molar-refractivity contribution in [2.24, 2.45) is 11.8 Å². The van der Waals surface area contributed by atoms with Crippen molar-refractivity contribution in [3.63, 3.8) is 0 Å². The van der Waals surface area contributed by atoms with Crippen LogP contribution in [0.5, 0.6) is 0 Å². The van der Waals surface area contributed by atoms with Crippen molar-refractivity contribution in [1.29, 1.82) is 0 Å². The van der Waals surface area contributed by atoms with Crippen LogP contribution >= 0.6 is 0 Å². The fraction of sp³-hybridized carbons (Fsp3) is 0.733. The van der Waals surface area contributed by atoms with Gasteiger partial charge in [-0.05, 0) is 50.3 Å². The average molecular weight is 235 g/mol. The van der Waals surface area contributed by atoms with Crippen molar-refractivity contribution in [3.8, 4) is 0 Å². The van der Waals surface area contributed by atoms with Gasteiger partial charge in [0.05, 0.1) is 6.26 Å². The van der Waals surface area contributed by atoms with Crippen LogP contribution in [-0.4, -0.2) is 12.6 Å². The summed E-state index contributed by atoms with van der Waals surface area (Å²) in [6.07, 6.45) is 8.23. The van der Waals surface area contributed by atoms with Crippen LogP contribution in [0, 0.1) is 11.8 Å². The summed E-state index contributed by atoms with van der Waals surface area (Å²) in [6.45, 7) is 5.87. The fourth-order valence-corrected chi connectivity index (χ4v) is 2.79. The number of hydrogen-bond donors (Lipinski definition) is 1. The Kier molecular flexibility index (Phi) is 4.66. The Hall–Kier alpha value is -0.760. The summed E-state index contributed by atoms with van der Waals surface area (Å²) in [6, 6.07) is 4.62. The van der Waals surface area contributed by atoms with Gasteiger partial charge in [-0.2, -0.15) is 0 Å². The molecular formula is C15H25NO. The van der Waals surface area contributed by atoms with Gasteiger partial charge in [-0.3, -0.25) is 0 Å². The maximum Gasteiger partial charge on any atom is 0.103 e. The molecule has 0 aliphatic heterocycles.